The van der Waals surface area contributed by atoms with E-state index < -0.39 is 35.5 Å². The third-order valence-electron chi connectivity index (χ3n) is 8.38. The van der Waals surface area contributed by atoms with Gasteiger partial charge >= 0.3 is 0 Å². The van der Waals surface area contributed by atoms with Gasteiger partial charge < -0.3 is 43.3 Å². The van der Waals surface area contributed by atoms with Crippen molar-refractivity contribution in [2.75, 3.05) is 39.3 Å². The van der Waals surface area contributed by atoms with E-state index in [1.54, 1.807) is 21.0 Å². The van der Waals surface area contributed by atoms with Crippen LogP contribution in [0.3, 0.4) is 0 Å². The Labute approximate surface area is 269 Å². The van der Waals surface area contributed by atoms with Crippen molar-refractivity contribution < 1.29 is 38.0 Å². The Morgan fingerprint density at radius 2 is 1.40 bits per heavy atom. The largest absolute Gasteiger partial charge is 0.486 e. The minimum absolute atomic E-state index is 0.0708. The highest BCUT2D eigenvalue weighted by Gasteiger charge is 2.63. The molecule has 2 aliphatic heterocycles. The minimum atomic E-state index is -1.37. The quantitative estimate of drug-likeness (QED) is 0.264. The van der Waals surface area contributed by atoms with E-state index in [-0.39, 0.29) is 21.3 Å². The normalized spacial score (nSPS) is 25.9. The number of hydrogen-bond donors (Lipinski definition) is 2. The molecular formula is C35H45NO8Si. The zero-order chi connectivity index (χ0) is 32.3. The van der Waals surface area contributed by atoms with Crippen LogP contribution in [-0.2, 0) is 29.0 Å². The van der Waals surface area contributed by atoms with Gasteiger partial charge in [0.25, 0.3) is 0 Å². The predicted molar refractivity (Wildman–Crippen MR) is 173 cm³/mol. The first kappa shape index (κ1) is 33.4. The standard InChI is InChI=1S/C35H45NO8Si/c1-32(2,3)45-44-35(24-14-10-8-11-15-24,25-16-12-9-13-17-25)31-30(42-33(4,38-6)34(5,39-7)43-31)27(37)23-36-26-18-19-28-29(22-26)41-21-20-40-28/h8-19,22,27,30-31,36-37H,20-21,23H2,1-7H3/t27-,30+,31+,33-,34-/m0/s1. The summed E-state index contributed by atoms with van der Waals surface area (Å²) in [6, 6.07) is 25.5. The second-order valence-electron chi connectivity index (χ2n) is 12.6. The molecule has 0 aliphatic carbocycles. The van der Waals surface area contributed by atoms with Gasteiger partial charge in [-0.3, -0.25) is 0 Å². The Hall–Kier alpha value is -2.96. The monoisotopic (exact) mass is 635 g/mol. The molecule has 3 aromatic rings. The first-order chi connectivity index (χ1) is 21.4. The molecule has 1 fully saturated rings. The summed E-state index contributed by atoms with van der Waals surface area (Å²) in [7, 11) is 3.17. The van der Waals surface area contributed by atoms with Gasteiger partial charge in [-0.1, -0.05) is 81.4 Å². The number of aliphatic hydroxyl groups excluding tert-OH is 1. The molecule has 242 valence electrons. The van der Waals surface area contributed by atoms with Crippen molar-refractivity contribution in [1.82, 2.24) is 0 Å². The van der Waals surface area contributed by atoms with E-state index in [0.29, 0.717) is 24.7 Å². The van der Waals surface area contributed by atoms with E-state index in [1.165, 1.54) is 7.11 Å². The SMILES string of the molecule is CO[C@@]1(C)O[C@H]([C@@H](O)CNc2ccc3c(c2)OCCO3)[C@H](C(O[Si]C(C)(C)C)(c2ccccc2)c2ccccc2)O[C@]1(C)OC. The highest BCUT2D eigenvalue weighted by molar-refractivity contribution is 6.32. The molecule has 45 heavy (non-hydrogen) atoms. The molecule has 0 amide bonds. The van der Waals surface area contributed by atoms with Crippen molar-refractivity contribution in [3.05, 3.63) is 90.0 Å². The molecule has 2 N–H and O–H groups in total. The minimum Gasteiger partial charge on any atom is -0.486 e. The Morgan fingerprint density at radius 1 is 0.844 bits per heavy atom. The summed E-state index contributed by atoms with van der Waals surface area (Å²) in [5, 5.41) is 15.2. The zero-order valence-corrected chi connectivity index (χ0v) is 28.2. The maximum atomic E-state index is 12.0. The molecule has 3 aromatic carbocycles. The fourth-order valence-corrected chi connectivity index (χ4v) is 6.49. The molecule has 0 bridgehead atoms. The van der Waals surface area contributed by atoms with Gasteiger partial charge in [-0.2, -0.15) is 0 Å². The number of benzene rings is 3. The summed E-state index contributed by atoms with van der Waals surface area (Å²) < 4.78 is 44.2. The van der Waals surface area contributed by atoms with Crippen LogP contribution in [0.1, 0.15) is 45.7 Å². The van der Waals surface area contributed by atoms with Gasteiger partial charge in [-0.25, -0.2) is 0 Å². The predicted octanol–water partition coefficient (Wildman–Crippen LogP) is 5.54. The molecule has 10 heteroatoms. The number of nitrogens with one attached hydrogen (secondary N) is 1. The third kappa shape index (κ3) is 6.78. The molecule has 5 atom stereocenters. The Bertz CT molecular complexity index is 1360. The van der Waals surface area contributed by atoms with E-state index in [0.717, 1.165) is 16.8 Å². The summed E-state index contributed by atoms with van der Waals surface area (Å²) in [5.41, 5.74) is 1.29. The van der Waals surface area contributed by atoms with Gasteiger partial charge in [0.05, 0.1) is 0 Å². The molecule has 0 unspecified atom stereocenters. The second-order valence-corrected chi connectivity index (χ2v) is 14.6. The van der Waals surface area contributed by atoms with E-state index in [1.807, 2.05) is 78.9 Å². The van der Waals surface area contributed by atoms with Crippen molar-refractivity contribution in [3.63, 3.8) is 0 Å². The Morgan fingerprint density at radius 3 is 1.96 bits per heavy atom. The van der Waals surface area contributed by atoms with Crippen molar-refractivity contribution in [2.24, 2.45) is 0 Å². The van der Waals surface area contributed by atoms with Gasteiger partial charge in [0.1, 0.15) is 37.1 Å². The molecule has 2 radical (unpaired) electrons. The lowest BCUT2D eigenvalue weighted by Crippen LogP contribution is -2.71. The second kappa shape index (κ2) is 13.4. The molecule has 0 saturated carbocycles. The number of hydrogen-bond acceptors (Lipinski definition) is 9. The van der Waals surface area contributed by atoms with Crippen molar-refractivity contribution in [2.45, 2.75) is 75.1 Å². The van der Waals surface area contributed by atoms with Crippen LogP contribution in [-0.4, -0.2) is 78.7 Å². The van der Waals surface area contributed by atoms with E-state index >= 15 is 0 Å². The van der Waals surface area contributed by atoms with Crippen LogP contribution in [0.25, 0.3) is 0 Å². The van der Waals surface area contributed by atoms with Crippen LogP contribution >= 0.6 is 0 Å². The van der Waals surface area contributed by atoms with Gasteiger partial charge in [-0.15, -0.1) is 0 Å². The highest BCUT2D eigenvalue weighted by Crippen LogP contribution is 2.50. The fourth-order valence-electron chi connectivity index (χ4n) is 5.67. The van der Waals surface area contributed by atoms with Crippen LogP contribution in [0, 0.1) is 0 Å². The molecule has 0 aromatic heterocycles. The summed E-state index contributed by atoms with van der Waals surface area (Å²) in [4.78, 5) is 0. The van der Waals surface area contributed by atoms with Crippen LogP contribution in [0.2, 0.25) is 5.04 Å². The summed E-state index contributed by atoms with van der Waals surface area (Å²) in [6.07, 6.45) is -2.90. The maximum absolute atomic E-state index is 12.0. The number of anilines is 1. The highest BCUT2D eigenvalue weighted by atomic mass is 28.2. The summed E-state index contributed by atoms with van der Waals surface area (Å²) in [6.45, 7) is 11.1. The summed E-state index contributed by atoms with van der Waals surface area (Å²) in [5.74, 6) is -1.39. The van der Waals surface area contributed by atoms with Crippen LogP contribution in [0.4, 0.5) is 5.69 Å². The van der Waals surface area contributed by atoms with Crippen LogP contribution < -0.4 is 14.8 Å². The zero-order valence-electron chi connectivity index (χ0n) is 27.2. The molecule has 2 heterocycles. The van der Waals surface area contributed by atoms with Crippen molar-refractivity contribution in [1.29, 1.82) is 0 Å². The van der Waals surface area contributed by atoms with Crippen LogP contribution in [0.15, 0.2) is 78.9 Å². The van der Waals surface area contributed by atoms with Gasteiger partial charge in [0.2, 0.25) is 21.3 Å². The van der Waals surface area contributed by atoms with Crippen LogP contribution in [0.5, 0.6) is 11.5 Å². The van der Waals surface area contributed by atoms with E-state index in [4.69, 9.17) is 32.8 Å². The van der Waals surface area contributed by atoms with Gasteiger partial charge in [0.15, 0.2) is 11.5 Å². The Balaban J connectivity index is 1.61. The van der Waals surface area contributed by atoms with E-state index in [2.05, 4.69) is 26.1 Å². The topological polar surface area (TPSA) is 96.9 Å². The first-order valence-corrected chi connectivity index (χ1v) is 16.2. The molecule has 1 saturated heterocycles. The lowest BCUT2D eigenvalue weighted by Gasteiger charge is -2.57. The van der Waals surface area contributed by atoms with Crippen molar-refractivity contribution in [3.8, 4) is 11.5 Å². The average Bonchev–Trinajstić information content (AvgIpc) is 3.05. The average molecular weight is 636 g/mol. The van der Waals surface area contributed by atoms with Gasteiger partial charge in [-0.05, 0) is 42.1 Å². The summed E-state index contributed by atoms with van der Waals surface area (Å²) >= 11 is 0. The molecule has 9 nitrogen and oxygen atoms in total. The van der Waals surface area contributed by atoms with Gasteiger partial charge in [0, 0.05) is 32.5 Å². The molecule has 5 rings (SSSR count). The van der Waals surface area contributed by atoms with Crippen molar-refractivity contribution >= 4 is 15.5 Å². The maximum Gasteiger partial charge on any atom is 0.237 e. The van der Waals surface area contributed by atoms with E-state index in [9.17, 15) is 5.11 Å². The lowest BCUT2D eigenvalue weighted by atomic mass is 9.77. The molecule has 0 spiro atoms. The molecule has 2 aliphatic rings. The third-order valence-corrected chi connectivity index (χ3v) is 9.41. The Kier molecular flexibility index (Phi) is 9.95. The lowest BCUT2D eigenvalue weighted by molar-refractivity contribution is -0.463. The fraction of sp³-hybridized carbons (Fsp3) is 0.486. The number of methoxy groups -OCH3 is 2. The smallest absolute Gasteiger partial charge is 0.237 e. The number of ether oxygens (including phenoxy) is 6. The molecular weight excluding hydrogens is 590 g/mol. The number of aliphatic hydroxyl groups is 1. The number of rotatable bonds is 11. The first-order valence-electron chi connectivity index (χ1n) is 15.3. The number of fused-ring (bicyclic) bond motifs is 1.